The molecule has 0 aromatic rings. The highest BCUT2D eigenvalue weighted by Gasteiger charge is 2.45. The van der Waals surface area contributed by atoms with E-state index in [9.17, 15) is 24.3 Å². The van der Waals surface area contributed by atoms with Gasteiger partial charge in [-0.2, -0.15) is 0 Å². The van der Waals surface area contributed by atoms with Crippen LogP contribution in [0.5, 0.6) is 0 Å². The molecule has 0 saturated carbocycles. The van der Waals surface area contributed by atoms with Crippen molar-refractivity contribution in [1.82, 2.24) is 14.7 Å². The van der Waals surface area contributed by atoms with E-state index in [1.54, 1.807) is 4.90 Å². The van der Waals surface area contributed by atoms with Crippen molar-refractivity contribution in [3.05, 3.63) is 0 Å². The van der Waals surface area contributed by atoms with Gasteiger partial charge in [-0.15, -0.1) is 0 Å². The third-order valence-electron chi connectivity index (χ3n) is 5.67. The zero-order valence-electron chi connectivity index (χ0n) is 14.8. The number of rotatable bonds is 4. The van der Waals surface area contributed by atoms with Crippen LogP contribution in [0.4, 0.5) is 0 Å². The van der Waals surface area contributed by atoms with Crippen LogP contribution in [0.1, 0.15) is 38.5 Å². The molecule has 9 nitrogen and oxygen atoms in total. The standard InChI is InChI=1S/C17H26N4O5/c18-10-14(22)19-7-1-4-11(19)15(23)20-8-2-5-12(20)16(24)21-9-3-6-13(21)17(25)26/h11-13H,1-10,18H2,(H,25,26). The fraction of sp³-hybridized carbons (Fsp3) is 0.765. The summed E-state index contributed by atoms with van der Waals surface area (Å²) in [5.41, 5.74) is 5.44. The number of likely N-dealkylation sites (tertiary alicyclic amines) is 3. The van der Waals surface area contributed by atoms with E-state index >= 15 is 0 Å². The molecule has 3 fully saturated rings. The number of hydrogen-bond donors (Lipinski definition) is 2. The molecular weight excluding hydrogens is 340 g/mol. The second-order valence-electron chi connectivity index (χ2n) is 7.17. The minimum absolute atomic E-state index is 0.139. The van der Waals surface area contributed by atoms with Gasteiger partial charge >= 0.3 is 5.97 Å². The highest BCUT2D eigenvalue weighted by atomic mass is 16.4. The number of amides is 3. The van der Waals surface area contributed by atoms with Crippen LogP contribution in [0.3, 0.4) is 0 Å². The molecule has 3 amide bonds. The molecule has 3 rings (SSSR count). The molecular formula is C17H26N4O5. The maximum atomic E-state index is 13.0. The fourth-order valence-electron chi connectivity index (χ4n) is 4.40. The Morgan fingerprint density at radius 3 is 1.69 bits per heavy atom. The number of nitrogens with zero attached hydrogens (tertiary/aromatic N) is 3. The summed E-state index contributed by atoms with van der Waals surface area (Å²) < 4.78 is 0. The van der Waals surface area contributed by atoms with E-state index in [0.29, 0.717) is 51.7 Å². The number of nitrogens with two attached hydrogens (primary N) is 1. The van der Waals surface area contributed by atoms with Gasteiger partial charge in [-0.25, -0.2) is 4.79 Å². The average Bonchev–Trinajstić information content (AvgIpc) is 3.39. The van der Waals surface area contributed by atoms with Crippen LogP contribution in [0.2, 0.25) is 0 Å². The summed E-state index contributed by atoms with van der Waals surface area (Å²) in [5.74, 6) is -1.75. The van der Waals surface area contributed by atoms with Gasteiger partial charge in [0, 0.05) is 19.6 Å². The van der Waals surface area contributed by atoms with Crippen LogP contribution >= 0.6 is 0 Å². The summed E-state index contributed by atoms with van der Waals surface area (Å²) in [7, 11) is 0. The quantitative estimate of drug-likeness (QED) is 0.658. The molecule has 0 radical (unpaired) electrons. The number of hydrogen-bond acceptors (Lipinski definition) is 5. The summed E-state index contributed by atoms with van der Waals surface area (Å²) in [4.78, 5) is 53.8. The molecule has 3 unspecified atom stereocenters. The van der Waals surface area contributed by atoms with Gasteiger partial charge in [-0.05, 0) is 38.5 Å². The predicted molar refractivity (Wildman–Crippen MR) is 90.9 cm³/mol. The molecule has 26 heavy (non-hydrogen) atoms. The summed E-state index contributed by atoms with van der Waals surface area (Å²) in [6, 6.07) is -1.99. The SMILES string of the molecule is NCC(=O)N1CCCC1C(=O)N1CCCC1C(=O)N1CCCC1C(=O)O. The van der Waals surface area contributed by atoms with Gasteiger partial charge < -0.3 is 25.5 Å². The number of carbonyl (C=O) groups is 4. The molecule has 0 aromatic heterocycles. The molecule has 9 heteroatoms. The second-order valence-corrected chi connectivity index (χ2v) is 7.17. The first-order chi connectivity index (χ1) is 12.5. The van der Waals surface area contributed by atoms with Gasteiger partial charge in [0.05, 0.1) is 6.54 Å². The lowest BCUT2D eigenvalue weighted by atomic mass is 10.1. The molecule has 3 N–H and O–H groups in total. The third kappa shape index (κ3) is 3.27. The van der Waals surface area contributed by atoms with Gasteiger partial charge in [0.15, 0.2) is 0 Å². The number of carbonyl (C=O) groups excluding carboxylic acids is 3. The fourth-order valence-corrected chi connectivity index (χ4v) is 4.40. The van der Waals surface area contributed by atoms with Crippen LogP contribution in [0, 0.1) is 0 Å². The smallest absolute Gasteiger partial charge is 0.326 e. The molecule has 0 aromatic carbocycles. The first kappa shape index (κ1) is 18.6. The summed E-state index contributed by atoms with van der Waals surface area (Å²) >= 11 is 0. The molecule has 3 heterocycles. The Morgan fingerprint density at radius 2 is 1.19 bits per heavy atom. The Balaban J connectivity index is 1.73. The van der Waals surface area contributed by atoms with Crippen LogP contribution in [0.25, 0.3) is 0 Å². The summed E-state index contributed by atoms with van der Waals surface area (Å²) in [5, 5.41) is 9.32. The minimum Gasteiger partial charge on any atom is -0.480 e. The van der Waals surface area contributed by atoms with Crippen molar-refractivity contribution in [1.29, 1.82) is 0 Å². The first-order valence-electron chi connectivity index (χ1n) is 9.29. The molecule has 3 atom stereocenters. The van der Waals surface area contributed by atoms with Crippen molar-refractivity contribution in [3.63, 3.8) is 0 Å². The van der Waals surface area contributed by atoms with E-state index in [0.717, 1.165) is 6.42 Å². The van der Waals surface area contributed by atoms with Gasteiger partial charge in [-0.3, -0.25) is 14.4 Å². The lowest BCUT2D eigenvalue weighted by Crippen LogP contribution is -2.55. The zero-order chi connectivity index (χ0) is 18.8. The Labute approximate surface area is 152 Å². The van der Waals surface area contributed by atoms with Crippen molar-refractivity contribution < 1.29 is 24.3 Å². The van der Waals surface area contributed by atoms with Gasteiger partial charge in [0.25, 0.3) is 0 Å². The molecule has 0 aliphatic carbocycles. The summed E-state index contributed by atoms with van der Waals surface area (Å²) in [6.07, 6.45) is 3.65. The molecule has 3 saturated heterocycles. The average molecular weight is 366 g/mol. The third-order valence-corrected chi connectivity index (χ3v) is 5.67. The van der Waals surface area contributed by atoms with Crippen molar-refractivity contribution in [2.45, 2.75) is 56.7 Å². The van der Waals surface area contributed by atoms with E-state index < -0.39 is 24.1 Å². The molecule has 3 aliphatic rings. The normalized spacial score (nSPS) is 28.7. The maximum absolute atomic E-state index is 13.0. The van der Waals surface area contributed by atoms with Crippen molar-refractivity contribution in [2.75, 3.05) is 26.2 Å². The van der Waals surface area contributed by atoms with Crippen LogP contribution in [0.15, 0.2) is 0 Å². The number of carboxylic acids is 1. The van der Waals surface area contributed by atoms with Crippen LogP contribution in [-0.2, 0) is 19.2 Å². The van der Waals surface area contributed by atoms with Gasteiger partial charge in [0.1, 0.15) is 18.1 Å². The van der Waals surface area contributed by atoms with Crippen molar-refractivity contribution in [2.24, 2.45) is 5.73 Å². The molecule has 0 spiro atoms. The Hall–Kier alpha value is -2.16. The van der Waals surface area contributed by atoms with Crippen LogP contribution < -0.4 is 5.73 Å². The Bertz CT molecular complexity index is 610. The molecule has 144 valence electrons. The molecule has 0 bridgehead atoms. The predicted octanol–water partition coefficient (Wildman–Crippen LogP) is -0.997. The van der Waals surface area contributed by atoms with Crippen molar-refractivity contribution in [3.8, 4) is 0 Å². The van der Waals surface area contributed by atoms with Crippen LogP contribution in [-0.4, -0.2) is 87.8 Å². The van der Waals surface area contributed by atoms with E-state index in [4.69, 9.17) is 5.73 Å². The van der Waals surface area contributed by atoms with Crippen molar-refractivity contribution >= 4 is 23.7 Å². The Kier molecular flexibility index (Phi) is 5.45. The lowest BCUT2D eigenvalue weighted by Gasteiger charge is -2.33. The van der Waals surface area contributed by atoms with E-state index in [1.807, 2.05) is 0 Å². The lowest BCUT2D eigenvalue weighted by molar-refractivity contribution is -0.153. The number of aliphatic carboxylic acids is 1. The highest BCUT2D eigenvalue weighted by Crippen LogP contribution is 2.28. The second kappa shape index (κ2) is 7.61. The zero-order valence-corrected chi connectivity index (χ0v) is 14.8. The summed E-state index contributed by atoms with van der Waals surface area (Å²) in [6.45, 7) is 1.24. The van der Waals surface area contributed by atoms with E-state index in [1.165, 1.54) is 9.80 Å². The first-order valence-corrected chi connectivity index (χ1v) is 9.29. The minimum atomic E-state index is -0.998. The maximum Gasteiger partial charge on any atom is 0.326 e. The Morgan fingerprint density at radius 1 is 0.769 bits per heavy atom. The van der Waals surface area contributed by atoms with E-state index in [2.05, 4.69) is 0 Å². The number of carboxylic acid groups (broad SMARTS) is 1. The largest absolute Gasteiger partial charge is 0.480 e. The monoisotopic (exact) mass is 366 g/mol. The van der Waals surface area contributed by atoms with E-state index in [-0.39, 0.29) is 24.3 Å². The van der Waals surface area contributed by atoms with Gasteiger partial charge in [0.2, 0.25) is 17.7 Å². The molecule has 3 aliphatic heterocycles. The topological polar surface area (TPSA) is 124 Å². The highest BCUT2D eigenvalue weighted by molar-refractivity contribution is 5.94. The van der Waals surface area contributed by atoms with Gasteiger partial charge in [-0.1, -0.05) is 0 Å².